The van der Waals surface area contributed by atoms with Crippen LogP contribution in [0, 0.1) is 18.6 Å². The van der Waals surface area contributed by atoms with Crippen LogP contribution in [0.4, 0.5) is 8.78 Å². The third kappa shape index (κ3) is 13.0. The average molecular weight is 514 g/mol. The number of aromatic nitrogens is 1. The van der Waals surface area contributed by atoms with E-state index in [9.17, 15) is 13.6 Å². The zero-order valence-electron chi connectivity index (χ0n) is 21.7. The highest BCUT2D eigenvalue weighted by molar-refractivity contribution is 7.09. The van der Waals surface area contributed by atoms with Crippen molar-refractivity contribution in [3.63, 3.8) is 0 Å². The van der Waals surface area contributed by atoms with Crippen molar-refractivity contribution in [3.8, 4) is 17.0 Å². The molecule has 1 aromatic carbocycles. The van der Waals surface area contributed by atoms with Crippen LogP contribution in [-0.4, -0.2) is 37.4 Å². The molecule has 0 bridgehead atoms. The van der Waals surface area contributed by atoms with Crippen LogP contribution in [0.3, 0.4) is 0 Å². The fraction of sp³-hybridized carbons (Fsp3) is 0.630. The molecule has 0 atom stereocenters. The number of nitrogens with zero attached hydrogens (tertiary/aromatic N) is 1. The fourth-order valence-electron chi connectivity index (χ4n) is 3.16. The second-order valence-corrected chi connectivity index (χ2v) is 9.19. The zero-order valence-corrected chi connectivity index (χ0v) is 22.5. The van der Waals surface area contributed by atoms with Crippen molar-refractivity contribution >= 4 is 17.3 Å². The summed E-state index contributed by atoms with van der Waals surface area (Å²) in [5.74, 6) is -2.15. The monoisotopic (exact) mass is 513 g/mol. The number of rotatable bonds is 16. The number of esters is 1. The molecule has 0 aliphatic carbocycles. The highest BCUT2D eigenvalue weighted by Crippen LogP contribution is 2.34. The molecule has 0 spiro atoms. The van der Waals surface area contributed by atoms with Crippen LogP contribution in [-0.2, 0) is 14.3 Å². The Labute approximate surface area is 213 Å². The number of aryl methyl sites for hydroxylation is 1. The van der Waals surface area contributed by atoms with E-state index in [-0.39, 0.29) is 11.7 Å². The third-order valence-corrected chi connectivity index (χ3v) is 5.79. The Kier molecular flexibility index (Phi) is 17.0. The highest BCUT2D eigenvalue weighted by Gasteiger charge is 2.18. The Hall–Kier alpha value is -2.06. The van der Waals surface area contributed by atoms with Gasteiger partial charge in [-0.15, -0.1) is 11.3 Å². The summed E-state index contributed by atoms with van der Waals surface area (Å²) in [6.45, 7) is 10.5. The molecule has 0 unspecified atom stereocenters. The first-order valence-corrected chi connectivity index (χ1v) is 13.6. The molecule has 198 valence electrons. The summed E-state index contributed by atoms with van der Waals surface area (Å²) >= 11 is 1.45. The molecular formula is C27H41F2NO4S. The maximum atomic E-state index is 14.2. The van der Waals surface area contributed by atoms with Gasteiger partial charge in [-0.25, -0.2) is 9.37 Å². The lowest BCUT2D eigenvalue weighted by Crippen LogP contribution is -2.04. The summed E-state index contributed by atoms with van der Waals surface area (Å²) in [7, 11) is 0. The summed E-state index contributed by atoms with van der Waals surface area (Å²) in [6.07, 6.45) is 8.33. The first-order valence-electron chi connectivity index (χ1n) is 12.7. The number of carbonyl (C=O) groups excluding carboxylic acids is 1. The van der Waals surface area contributed by atoms with Crippen molar-refractivity contribution in [1.29, 1.82) is 0 Å². The molecule has 0 saturated carbocycles. The van der Waals surface area contributed by atoms with Crippen LogP contribution in [0.25, 0.3) is 11.3 Å². The van der Waals surface area contributed by atoms with Crippen LogP contribution in [0.5, 0.6) is 5.75 Å². The lowest BCUT2D eigenvalue weighted by molar-refractivity contribution is -0.143. The van der Waals surface area contributed by atoms with E-state index in [1.54, 1.807) is 12.3 Å². The fourth-order valence-corrected chi connectivity index (χ4v) is 3.78. The molecule has 1 aromatic heterocycles. The van der Waals surface area contributed by atoms with E-state index in [2.05, 4.69) is 18.8 Å². The topological polar surface area (TPSA) is 57.7 Å². The second kappa shape index (κ2) is 19.2. The van der Waals surface area contributed by atoms with Crippen molar-refractivity contribution in [2.45, 2.75) is 85.5 Å². The van der Waals surface area contributed by atoms with Gasteiger partial charge in [0, 0.05) is 30.6 Å². The first kappa shape index (κ1) is 31.0. The molecule has 2 rings (SSSR count). The predicted octanol–water partition coefficient (Wildman–Crippen LogP) is 7.89. The molecule has 1 heterocycles. The maximum absolute atomic E-state index is 14.2. The lowest BCUT2D eigenvalue weighted by Gasteiger charge is -2.12. The summed E-state index contributed by atoms with van der Waals surface area (Å²) in [5.41, 5.74) is 1.05. The minimum Gasteiger partial charge on any atom is -0.490 e. The van der Waals surface area contributed by atoms with Crippen LogP contribution >= 0.6 is 11.3 Å². The summed E-state index contributed by atoms with van der Waals surface area (Å²) in [5, 5.41) is 2.65. The number of unbranched alkanes of at least 4 members (excludes halogenated alkanes) is 5. The van der Waals surface area contributed by atoms with Crippen molar-refractivity contribution in [2.24, 2.45) is 0 Å². The smallest absolute Gasteiger partial charge is 0.305 e. The van der Waals surface area contributed by atoms with Crippen molar-refractivity contribution in [2.75, 3.05) is 26.4 Å². The summed E-state index contributed by atoms with van der Waals surface area (Å²) in [6, 6.07) is 2.59. The van der Waals surface area contributed by atoms with Gasteiger partial charge in [0.2, 0.25) is 5.82 Å². The Morgan fingerprint density at radius 1 is 0.943 bits per heavy atom. The molecule has 0 fully saturated rings. The van der Waals surface area contributed by atoms with Gasteiger partial charge in [-0.1, -0.05) is 39.5 Å². The molecule has 0 aliphatic rings. The standard InChI is InChI=1S/C20H25F2NO3S.C7H16O/c1-3-25-18(24)9-7-5-4-6-8-12-26-20-15(10-11-16(21)19(20)22)17-13-27-14(2)23-17;1-3-5-7-8-6-4-2/h10-11,13H,3-9,12H2,1-2H3;3-7H2,1-2H3. The van der Waals surface area contributed by atoms with Crippen molar-refractivity contribution < 1.29 is 27.8 Å². The average Bonchev–Trinajstić information content (AvgIpc) is 3.27. The van der Waals surface area contributed by atoms with Crippen molar-refractivity contribution in [1.82, 2.24) is 4.98 Å². The molecule has 35 heavy (non-hydrogen) atoms. The SMILES string of the molecule is CCCCOCCC.CCOC(=O)CCCCCCCOc1c(-c2csc(C)n2)ccc(F)c1F. The van der Waals surface area contributed by atoms with E-state index in [0.29, 0.717) is 30.9 Å². The Balaban J connectivity index is 0.000000658. The number of carbonyl (C=O) groups is 1. The van der Waals surface area contributed by atoms with Crippen LogP contribution < -0.4 is 4.74 Å². The van der Waals surface area contributed by atoms with Crippen molar-refractivity contribution in [3.05, 3.63) is 34.2 Å². The summed E-state index contributed by atoms with van der Waals surface area (Å²) < 4.78 is 43.5. The van der Waals surface area contributed by atoms with Gasteiger partial charge >= 0.3 is 5.97 Å². The van der Waals surface area contributed by atoms with E-state index in [1.807, 2.05) is 6.92 Å². The molecule has 2 aromatic rings. The molecule has 0 amide bonds. The number of benzene rings is 1. The van der Waals surface area contributed by atoms with Gasteiger partial charge in [0.25, 0.3) is 0 Å². The maximum Gasteiger partial charge on any atom is 0.305 e. The van der Waals surface area contributed by atoms with Gasteiger partial charge in [-0.3, -0.25) is 4.79 Å². The van der Waals surface area contributed by atoms with E-state index in [4.69, 9.17) is 14.2 Å². The van der Waals surface area contributed by atoms with Crippen LogP contribution in [0.1, 0.15) is 83.6 Å². The molecular weight excluding hydrogens is 472 g/mol. The Bertz CT molecular complexity index is 839. The van der Waals surface area contributed by atoms with Gasteiger partial charge in [0.15, 0.2) is 11.6 Å². The predicted molar refractivity (Wildman–Crippen MR) is 138 cm³/mol. The van der Waals surface area contributed by atoms with Crippen LogP contribution in [0.15, 0.2) is 17.5 Å². The largest absolute Gasteiger partial charge is 0.490 e. The van der Waals surface area contributed by atoms with E-state index >= 15 is 0 Å². The van der Waals surface area contributed by atoms with E-state index < -0.39 is 11.6 Å². The molecule has 0 saturated heterocycles. The Morgan fingerprint density at radius 3 is 2.34 bits per heavy atom. The lowest BCUT2D eigenvalue weighted by atomic mass is 10.1. The summed E-state index contributed by atoms with van der Waals surface area (Å²) in [4.78, 5) is 15.6. The van der Waals surface area contributed by atoms with Crippen LogP contribution in [0.2, 0.25) is 0 Å². The van der Waals surface area contributed by atoms with E-state index in [0.717, 1.165) is 62.8 Å². The number of hydrogen-bond acceptors (Lipinski definition) is 6. The zero-order chi connectivity index (χ0) is 25.9. The molecule has 0 N–H and O–H groups in total. The van der Waals surface area contributed by atoms with Gasteiger partial charge < -0.3 is 14.2 Å². The normalized spacial score (nSPS) is 10.6. The molecule has 5 nitrogen and oxygen atoms in total. The number of hydrogen-bond donors (Lipinski definition) is 0. The first-order chi connectivity index (χ1) is 16.9. The number of thiazole rings is 1. The molecule has 0 aliphatic heterocycles. The number of ether oxygens (including phenoxy) is 3. The minimum absolute atomic E-state index is 0.0809. The minimum atomic E-state index is -0.979. The highest BCUT2D eigenvalue weighted by atomic mass is 32.1. The van der Waals surface area contributed by atoms with Gasteiger partial charge in [-0.2, -0.15) is 4.39 Å². The second-order valence-electron chi connectivity index (χ2n) is 8.13. The van der Waals surface area contributed by atoms with Gasteiger partial charge in [0.1, 0.15) is 0 Å². The number of halogens is 2. The van der Waals surface area contributed by atoms with Gasteiger partial charge in [0.05, 0.1) is 23.9 Å². The van der Waals surface area contributed by atoms with E-state index in [1.165, 1.54) is 30.2 Å². The quantitative estimate of drug-likeness (QED) is 0.169. The van der Waals surface area contributed by atoms with Gasteiger partial charge in [-0.05, 0) is 51.7 Å². The molecule has 0 radical (unpaired) electrons. The third-order valence-electron chi connectivity index (χ3n) is 5.01. The molecule has 8 heteroatoms. The Morgan fingerprint density at radius 2 is 1.69 bits per heavy atom.